The van der Waals surface area contributed by atoms with Crippen LogP contribution < -0.4 is 11.1 Å². The van der Waals surface area contributed by atoms with Crippen LogP contribution in [0.5, 0.6) is 0 Å². The smallest absolute Gasteiger partial charge is 0.334 e. The van der Waals surface area contributed by atoms with E-state index < -0.39 is 0 Å². The second-order valence-electron chi connectivity index (χ2n) is 7.99. The molecule has 1 amide bonds. The monoisotopic (exact) mass is 417 g/mol. The van der Waals surface area contributed by atoms with Crippen LogP contribution in [0.15, 0.2) is 53.0 Å². The summed E-state index contributed by atoms with van der Waals surface area (Å²) in [6, 6.07) is 13.7. The van der Waals surface area contributed by atoms with Gasteiger partial charge in [0.1, 0.15) is 5.84 Å². The van der Waals surface area contributed by atoms with Gasteiger partial charge in [-0.2, -0.15) is 0 Å². The van der Waals surface area contributed by atoms with E-state index in [2.05, 4.69) is 10.3 Å². The van der Waals surface area contributed by atoms with Gasteiger partial charge in [-0.25, -0.2) is 9.79 Å². The maximum atomic E-state index is 12.3. The molecule has 0 spiro atoms. The van der Waals surface area contributed by atoms with Crippen molar-refractivity contribution in [1.82, 2.24) is 0 Å². The number of benzene rings is 2. The first kappa shape index (κ1) is 20.8. The molecular weight excluding hydrogens is 390 g/mol. The van der Waals surface area contributed by atoms with Gasteiger partial charge in [-0.05, 0) is 61.2 Å². The van der Waals surface area contributed by atoms with Crippen LogP contribution in [0.3, 0.4) is 0 Å². The number of rotatable bonds is 5. The average molecular weight is 418 g/mol. The first-order chi connectivity index (χ1) is 15.0. The molecule has 0 bridgehead atoms. The van der Waals surface area contributed by atoms with Gasteiger partial charge in [0.05, 0.1) is 12.3 Å². The fraction of sp³-hybridized carbons (Fsp3) is 0.320. The fourth-order valence-electron chi connectivity index (χ4n) is 4.11. The zero-order chi connectivity index (χ0) is 21.8. The van der Waals surface area contributed by atoms with Gasteiger partial charge in [0, 0.05) is 29.2 Å². The van der Waals surface area contributed by atoms with Crippen molar-refractivity contribution in [2.75, 3.05) is 11.9 Å². The highest BCUT2D eigenvalue weighted by atomic mass is 16.5. The maximum absolute atomic E-state index is 12.3. The number of nitrogens with one attached hydrogen (secondary N) is 1. The zero-order valence-electron chi connectivity index (χ0n) is 17.7. The standard InChI is InChI=1S/C25H27N3O3/c1-2-31-25(30)20-14-19-13-18(9-12-22(19)28-23(26)15-20)16-7-10-21(11-8-16)27-24(29)17-5-3-4-6-17/h7-14,17H,2-6,15H2,1H3,(H2,26,28)(H,27,29). The Morgan fingerprint density at radius 3 is 2.52 bits per heavy atom. The second-order valence-corrected chi connectivity index (χ2v) is 7.99. The Hall–Kier alpha value is -3.41. The van der Waals surface area contributed by atoms with Gasteiger partial charge < -0.3 is 15.8 Å². The highest BCUT2D eigenvalue weighted by molar-refractivity contribution is 6.03. The summed E-state index contributed by atoms with van der Waals surface area (Å²) in [6.07, 6.45) is 6.30. The number of amides is 1. The molecule has 1 heterocycles. The molecular formula is C25H27N3O3. The topological polar surface area (TPSA) is 93.8 Å². The normalized spacial score (nSPS) is 16.0. The van der Waals surface area contributed by atoms with Crippen molar-refractivity contribution in [2.45, 2.75) is 39.0 Å². The van der Waals surface area contributed by atoms with E-state index in [4.69, 9.17) is 10.5 Å². The molecule has 0 radical (unpaired) electrons. The Bertz CT molecular complexity index is 1050. The summed E-state index contributed by atoms with van der Waals surface area (Å²) >= 11 is 0. The predicted octanol–water partition coefficient (Wildman–Crippen LogP) is 4.82. The molecule has 1 fully saturated rings. The second kappa shape index (κ2) is 9.16. The van der Waals surface area contributed by atoms with E-state index in [1.807, 2.05) is 42.5 Å². The first-order valence-corrected chi connectivity index (χ1v) is 10.8. The van der Waals surface area contributed by atoms with E-state index in [0.717, 1.165) is 53.7 Å². The average Bonchev–Trinajstić information content (AvgIpc) is 3.24. The van der Waals surface area contributed by atoms with Crippen LogP contribution in [0, 0.1) is 5.92 Å². The Balaban J connectivity index is 1.56. The number of carbonyl (C=O) groups excluding carboxylic acids is 2. The summed E-state index contributed by atoms with van der Waals surface area (Å²) in [5.41, 5.74) is 10.8. The molecule has 0 unspecified atom stereocenters. The first-order valence-electron chi connectivity index (χ1n) is 10.8. The van der Waals surface area contributed by atoms with Gasteiger partial charge in [0.2, 0.25) is 5.91 Å². The van der Waals surface area contributed by atoms with Crippen LogP contribution in [0.2, 0.25) is 0 Å². The number of esters is 1. The Kier molecular flexibility index (Phi) is 6.16. The van der Waals surface area contributed by atoms with E-state index in [1.165, 1.54) is 0 Å². The molecule has 1 aliphatic carbocycles. The number of aliphatic imine (C=N–C) groups is 1. The highest BCUT2D eigenvalue weighted by Gasteiger charge is 2.22. The number of fused-ring (bicyclic) bond motifs is 1. The summed E-state index contributed by atoms with van der Waals surface area (Å²) in [7, 11) is 0. The molecule has 31 heavy (non-hydrogen) atoms. The van der Waals surface area contributed by atoms with Crippen molar-refractivity contribution in [3.63, 3.8) is 0 Å². The Labute approximate surface area is 182 Å². The van der Waals surface area contributed by atoms with Gasteiger partial charge in [-0.3, -0.25) is 4.79 Å². The minimum absolute atomic E-state index is 0.113. The van der Waals surface area contributed by atoms with Crippen LogP contribution in [-0.4, -0.2) is 24.3 Å². The van der Waals surface area contributed by atoms with E-state index in [9.17, 15) is 9.59 Å². The number of carbonyl (C=O) groups is 2. The number of anilines is 1. The largest absolute Gasteiger partial charge is 0.463 e. The summed E-state index contributed by atoms with van der Waals surface area (Å²) in [5.74, 6) is 0.259. The Morgan fingerprint density at radius 2 is 1.81 bits per heavy atom. The molecule has 1 aliphatic heterocycles. The molecule has 4 rings (SSSR count). The summed E-state index contributed by atoms with van der Waals surface area (Å²) in [6.45, 7) is 2.09. The lowest BCUT2D eigenvalue weighted by Gasteiger charge is -2.11. The highest BCUT2D eigenvalue weighted by Crippen LogP contribution is 2.32. The molecule has 2 aliphatic rings. The molecule has 6 nitrogen and oxygen atoms in total. The molecule has 3 N–H and O–H groups in total. The van der Waals surface area contributed by atoms with Crippen molar-refractivity contribution in [1.29, 1.82) is 0 Å². The number of nitrogens with zero attached hydrogens (tertiary/aromatic N) is 1. The number of ether oxygens (including phenoxy) is 1. The van der Waals surface area contributed by atoms with Crippen LogP contribution >= 0.6 is 0 Å². The van der Waals surface area contributed by atoms with Crippen LogP contribution in [-0.2, 0) is 14.3 Å². The minimum atomic E-state index is -0.374. The van der Waals surface area contributed by atoms with Crippen molar-refractivity contribution >= 4 is 35.2 Å². The summed E-state index contributed by atoms with van der Waals surface area (Å²) < 4.78 is 5.14. The van der Waals surface area contributed by atoms with Crippen LogP contribution in [0.1, 0.15) is 44.6 Å². The molecule has 0 saturated heterocycles. The number of amidine groups is 1. The molecule has 6 heteroatoms. The van der Waals surface area contributed by atoms with Gasteiger partial charge >= 0.3 is 5.97 Å². The third-order valence-corrected chi connectivity index (χ3v) is 5.74. The SMILES string of the molecule is CCOC(=O)C1=Cc2cc(-c3ccc(NC(=O)C4CCCC4)cc3)ccc2N=C(N)C1. The third kappa shape index (κ3) is 4.85. The molecule has 0 atom stereocenters. The zero-order valence-corrected chi connectivity index (χ0v) is 17.7. The molecule has 2 aromatic carbocycles. The molecule has 1 saturated carbocycles. The van der Waals surface area contributed by atoms with Crippen LogP contribution in [0.25, 0.3) is 17.2 Å². The van der Waals surface area contributed by atoms with Gasteiger partial charge in [-0.15, -0.1) is 0 Å². The van der Waals surface area contributed by atoms with Crippen molar-refractivity contribution < 1.29 is 14.3 Å². The lowest BCUT2D eigenvalue weighted by molar-refractivity contribution is -0.138. The lowest BCUT2D eigenvalue weighted by Crippen LogP contribution is -2.20. The van der Waals surface area contributed by atoms with E-state index in [-0.39, 0.29) is 24.2 Å². The number of hydrogen-bond donors (Lipinski definition) is 2. The maximum Gasteiger partial charge on any atom is 0.334 e. The predicted molar refractivity (Wildman–Crippen MR) is 123 cm³/mol. The molecule has 0 aromatic heterocycles. The number of hydrogen-bond acceptors (Lipinski definition) is 5. The lowest BCUT2D eigenvalue weighted by atomic mass is 10.00. The fourth-order valence-corrected chi connectivity index (χ4v) is 4.11. The number of nitrogens with two attached hydrogens (primary N) is 1. The van der Waals surface area contributed by atoms with Crippen molar-refractivity contribution in [2.24, 2.45) is 16.6 Å². The third-order valence-electron chi connectivity index (χ3n) is 5.74. The van der Waals surface area contributed by atoms with Gasteiger partial charge in [0.15, 0.2) is 0 Å². The van der Waals surface area contributed by atoms with Gasteiger partial charge in [-0.1, -0.05) is 31.0 Å². The van der Waals surface area contributed by atoms with Gasteiger partial charge in [0.25, 0.3) is 0 Å². The minimum Gasteiger partial charge on any atom is -0.463 e. The Morgan fingerprint density at radius 1 is 1.10 bits per heavy atom. The summed E-state index contributed by atoms with van der Waals surface area (Å²) in [4.78, 5) is 29.0. The van der Waals surface area contributed by atoms with Crippen molar-refractivity contribution in [3.05, 3.63) is 53.6 Å². The molecule has 160 valence electrons. The van der Waals surface area contributed by atoms with E-state index in [0.29, 0.717) is 18.0 Å². The quantitative estimate of drug-likeness (QED) is 0.682. The van der Waals surface area contributed by atoms with E-state index >= 15 is 0 Å². The van der Waals surface area contributed by atoms with Crippen molar-refractivity contribution in [3.8, 4) is 11.1 Å². The van der Waals surface area contributed by atoms with E-state index in [1.54, 1.807) is 13.0 Å². The summed E-state index contributed by atoms with van der Waals surface area (Å²) in [5, 5.41) is 3.02. The molecule has 2 aromatic rings. The van der Waals surface area contributed by atoms with Crippen LogP contribution in [0.4, 0.5) is 11.4 Å².